The smallest absolute Gasteiger partial charge is 0.387 e. The highest BCUT2D eigenvalue weighted by Crippen LogP contribution is 2.29. The molecule has 0 saturated heterocycles. The van der Waals surface area contributed by atoms with Gasteiger partial charge < -0.3 is 14.8 Å². The van der Waals surface area contributed by atoms with Crippen LogP contribution in [0.15, 0.2) is 42.5 Å². The molecule has 0 bridgehead atoms. The van der Waals surface area contributed by atoms with Crippen LogP contribution in [0.5, 0.6) is 5.75 Å². The molecule has 0 aromatic heterocycles. The van der Waals surface area contributed by atoms with Gasteiger partial charge in [0.05, 0.1) is 11.6 Å². The normalized spacial score (nSPS) is 10.7. The highest BCUT2D eigenvalue weighted by molar-refractivity contribution is 6.32. The topological polar surface area (TPSA) is 47.6 Å². The van der Waals surface area contributed by atoms with Crippen LogP contribution in [-0.2, 0) is 11.3 Å². The van der Waals surface area contributed by atoms with Crippen molar-refractivity contribution in [3.05, 3.63) is 58.6 Å². The van der Waals surface area contributed by atoms with Gasteiger partial charge in [0.2, 0.25) is 0 Å². The minimum absolute atomic E-state index is 0.0152. The van der Waals surface area contributed by atoms with Gasteiger partial charge in [-0.25, -0.2) is 0 Å². The van der Waals surface area contributed by atoms with E-state index < -0.39 is 6.61 Å². The predicted octanol–water partition coefficient (Wildman–Crippen LogP) is 4.34. The molecule has 2 rings (SSSR count). The van der Waals surface area contributed by atoms with Gasteiger partial charge in [-0.15, -0.1) is 0 Å². The van der Waals surface area contributed by atoms with Gasteiger partial charge in [0.15, 0.2) is 0 Å². The lowest BCUT2D eigenvalue weighted by Gasteiger charge is -2.10. The number of nitrogens with one attached hydrogen (secondary N) is 1. The van der Waals surface area contributed by atoms with Crippen LogP contribution in [0.1, 0.15) is 15.9 Å². The van der Waals surface area contributed by atoms with Crippen molar-refractivity contribution in [2.45, 2.75) is 13.2 Å². The van der Waals surface area contributed by atoms with Crippen molar-refractivity contribution in [2.75, 3.05) is 12.4 Å². The number of methoxy groups -OCH3 is 1. The van der Waals surface area contributed by atoms with E-state index in [1.807, 2.05) is 0 Å². The number of carbonyl (C=O) groups excluding carboxylic acids is 1. The number of hydrogen-bond donors (Lipinski definition) is 1. The summed E-state index contributed by atoms with van der Waals surface area (Å²) in [6.07, 6.45) is 0. The van der Waals surface area contributed by atoms with E-state index in [1.165, 1.54) is 18.2 Å². The van der Waals surface area contributed by atoms with E-state index in [9.17, 15) is 13.6 Å². The molecule has 0 fully saturated rings. The fourth-order valence-corrected chi connectivity index (χ4v) is 2.12. The maximum absolute atomic E-state index is 12.2. The number of benzene rings is 2. The summed E-state index contributed by atoms with van der Waals surface area (Å²) >= 11 is 5.83. The number of halogens is 3. The molecule has 0 aliphatic rings. The maximum atomic E-state index is 12.2. The molecule has 2 aromatic carbocycles. The molecule has 7 heteroatoms. The molecule has 2 aromatic rings. The van der Waals surface area contributed by atoms with Gasteiger partial charge in [-0.2, -0.15) is 8.78 Å². The second-order valence-corrected chi connectivity index (χ2v) is 5.01. The molecule has 0 radical (unpaired) electrons. The first-order valence-electron chi connectivity index (χ1n) is 6.63. The van der Waals surface area contributed by atoms with Crippen LogP contribution in [0.4, 0.5) is 14.5 Å². The fraction of sp³-hybridized carbons (Fsp3) is 0.188. The Balaban J connectivity index is 2.06. The van der Waals surface area contributed by atoms with Crippen LogP contribution in [0.2, 0.25) is 5.02 Å². The third-order valence-corrected chi connectivity index (χ3v) is 3.23. The summed E-state index contributed by atoms with van der Waals surface area (Å²) in [6.45, 7) is -2.50. The molecule has 0 heterocycles. The zero-order valence-corrected chi connectivity index (χ0v) is 12.9. The molecule has 0 atom stereocenters. The second-order valence-electron chi connectivity index (χ2n) is 4.61. The first-order chi connectivity index (χ1) is 11.0. The molecule has 0 aliphatic carbocycles. The molecule has 4 nitrogen and oxygen atoms in total. The van der Waals surface area contributed by atoms with Crippen LogP contribution in [0.3, 0.4) is 0 Å². The second kappa shape index (κ2) is 7.89. The number of alkyl halides is 2. The van der Waals surface area contributed by atoms with Crippen molar-refractivity contribution in [3.63, 3.8) is 0 Å². The quantitative estimate of drug-likeness (QED) is 0.850. The van der Waals surface area contributed by atoms with E-state index in [4.69, 9.17) is 16.3 Å². The summed E-state index contributed by atoms with van der Waals surface area (Å²) in [4.78, 5) is 12.1. The van der Waals surface area contributed by atoms with Crippen molar-refractivity contribution in [1.29, 1.82) is 0 Å². The van der Waals surface area contributed by atoms with Crippen molar-refractivity contribution < 1.29 is 23.0 Å². The highest BCUT2D eigenvalue weighted by Gasteiger charge is 2.11. The summed E-state index contributed by atoms with van der Waals surface area (Å²) in [5.41, 5.74) is 1.78. The van der Waals surface area contributed by atoms with Crippen LogP contribution in [0.25, 0.3) is 0 Å². The predicted molar refractivity (Wildman–Crippen MR) is 83.2 cm³/mol. The van der Waals surface area contributed by atoms with Crippen molar-refractivity contribution in [1.82, 2.24) is 0 Å². The Kier molecular flexibility index (Phi) is 5.90. The SMILES string of the molecule is COCc1ccc(C(=O)Nc2ccc(OC(F)F)c(Cl)c2)cc1. The zero-order chi connectivity index (χ0) is 16.8. The lowest BCUT2D eigenvalue weighted by molar-refractivity contribution is -0.0497. The van der Waals surface area contributed by atoms with Gasteiger partial charge >= 0.3 is 6.61 Å². The minimum Gasteiger partial charge on any atom is -0.433 e. The highest BCUT2D eigenvalue weighted by atomic mass is 35.5. The van der Waals surface area contributed by atoms with Crippen molar-refractivity contribution in [3.8, 4) is 5.75 Å². The number of rotatable bonds is 6. The molecule has 1 amide bonds. The monoisotopic (exact) mass is 341 g/mol. The average molecular weight is 342 g/mol. The summed E-state index contributed by atoms with van der Waals surface area (Å²) in [5, 5.41) is 2.62. The molecule has 0 saturated carbocycles. The zero-order valence-electron chi connectivity index (χ0n) is 12.2. The van der Waals surface area contributed by atoms with Crippen LogP contribution in [0, 0.1) is 0 Å². The Hall–Kier alpha value is -2.18. The van der Waals surface area contributed by atoms with Gasteiger partial charge in [0.25, 0.3) is 5.91 Å². The van der Waals surface area contributed by atoms with E-state index in [-0.39, 0.29) is 16.7 Å². The standard InChI is InChI=1S/C16H14ClF2NO3/c1-22-9-10-2-4-11(5-3-10)15(21)20-12-6-7-14(13(17)8-12)23-16(18)19/h2-8,16H,9H2,1H3,(H,20,21). The van der Waals surface area contributed by atoms with E-state index >= 15 is 0 Å². The van der Waals surface area contributed by atoms with Gasteiger partial charge in [-0.3, -0.25) is 4.79 Å². The van der Waals surface area contributed by atoms with E-state index in [1.54, 1.807) is 31.4 Å². The van der Waals surface area contributed by atoms with Crippen LogP contribution >= 0.6 is 11.6 Å². The number of hydrogen-bond acceptors (Lipinski definition) is 3. The van der Waals surface area contributed by atoms with Gasteiger partial charge in [0, 0.05) is 18.4 Å². The molecule has 122 valence electrons. The van der Waals surface area contributed by atoms with Crippen molar-refractivity contribution in [2.24, 2.45) is 0 Å². The van der Waals surface area contributed by atoms with Gasteiger partial charge in [0.1, 0.15) is 5.75 Å². The number of amides is 1. The molecular weight excluding hydrogens is 328 g/mol. The van der Waals surface area contributed by atoms with Gasteiger partial charge in [-0.1, -0.05) is 23.7 Å². The lowest BCUT2D eigenvalue weighted by Crippen LogP contribution is -2.12. The largest absolute Gasteiger partial charge is 0.433 e. The molecular formula is C16H14ClF2NO3. The maximum Gasteiger partial charge on any atom is 0.387 e. The Morgan fingerprint density at radius 3 is 2.48 bits per heavy atom. The van der Waals surface area contributed by atoms with Crippen molar-refractivity contribution >= 4 is 23.2 Å². The van der Waals surface area contributed by atoms with E-state index in [0.29, 0.717) is 17.9 Å². The molecule has 1 N–H and O–H groups in total. The average Bonchev–Trinajstić information content (AvgIpc) is 2.50. The first kappa shape index (κ1) is 17.2. The summed E-state index contributed by atoms with van der Waals surface area (Å²) in [7, 11) is 1.59. The Labute approximate surface area is 137 Å². The molecule has 0 spiro atoms. The number of anilines is 1. The van der Waals surface area contributed by atoms with Crippen LogP contribution < -0.4 is 10.1 Å². The molecule has 23 heavy (non-hydrogen) atoms. The van der Waals surface area contributed by atoms with Crippen LogP contribution in [-0.4, -0.2) is 19.6 Å². The Morgan fingerprint density at radius 1 is 1.22 bits per heavy atom. The third-order valence-electron chi connectivity index (χ3n) is 2.93. The molecule has 0 unspecified atom stereocenters. The fourth-order valence-electron chi connectivity index (χ4n) is 1.89. The first-order valence-corrected chi connectivity index (χ1v) is 7.01. The Bertz CT molecular complexity index is 678. The Morgan fingerprint density at radius 2 is 1.91 bits per heavy atom. The third kappa shape index (κ3) is 4.91. The lowest BCUT2D eigenvalue weighted by atomic mass is 10.1. The summed E-state index contributed by atoms with van der Waals surface area (Å²) in [5.74, 6) is -0.490. The summed E-state index contributed by atoms with van der Waals surface area (Å²) in [6, 6.07) is 10.9. The van der Waals surface area contributed by atoms with Gasteiger partial charge in [-0.05, 0) is 35.9 Å². The number of carbonyl (C=O) groups is 1. The van der Waals surface area contributed by atoms with E-state index in [0.717, 1.165) is 5.56 Å². The van der Waals surface area contributed by atoms with E-state index in [2.05, 4.69) is 10.1 Å². The minimum atomic E-state index is -2.96. The summed E-state index contributed by atoms with van der Waals surface area (Å²) < 4.78 is 33.6. The number of ether oxygens (including phenoxy) is 2. The molecule has 0 aliphatic heterocycles.